The first-order valence-corrected chi connectivity index (χ1v) is 9.04. The maximum absolute atomic E-state index is 13.0. The number of H-pyrrole nitrogens is 1. The quantitative estimate of drug-likeness (QED) is 0.928. The SMILES string of the molecule is COc1nc2c(cc1C(=O)N(C)Cc1n[nH]c3c1CCCC3)CCC2. The van der Waals surface area contributed by atoms with Crippen molar-refractivity contribution in [3.63, 3.8) is 0 Å². The largest absolute Gasteiger partial charge is 0.480 e. The van der Waals surface area contributed by atoms with E-state index in [-0.39, 0.29) is 5.91 Å². The monoisotopic (exact) mass is 340 g/mol. The predicted molar refractivity (Wildman–Crippen MR) is 93.8 cm³/mol. The number of methoxy groups -OCH3 is 1. The molecule has 2 aromatic heterocycles. The van der Waals surface area contributed by atoms with E-state index in [1.165, 1.54) is 29.7 Å². The third kappa shape index (κ3) is 2.90. The Hall–Kier alpha value is -2.37. The summed E-state index contributed by atoms with van der Waals surface area (Å²) in [7, 11) is 3.39. The molecule has 2 aliphatic carbocycles. The van der Waals surface area contributed by atoms with Gasteiger partial charge in [0.1, 0.15) is 5.56 Å². The van der Waals surface area contributed by atoms with Gasteiger partial charge in [0, 0.05) is 18.4 Å². The zero-order valence-corrected chi connectivity index (χ0v) is 14.9. The molecule has 2 heterocycles. The van der Waals surface area contributed by atoms with E-state index in [2.05, 4.69) is 15.2 Å². The molecule has 4 rings (SSSR count). The van der Waals surface area contributed by atoms with Crippen LogP contribution in [0.4, 0.5) is 0 Å². The molecular formula is C19H24N4O2. The highest BCUT2D eigenvalue weighted by Crippen LogP contribution is 2.28. The molecule has 0 saturated carbocycles. The van der Waals surface area contributed by atoms with Crippen molar-refractivity contribution in [3.05, 3.63) is 39.8 Å². The Kier molecular flexibility index (Phi) is 4.19. The van der Waals surface area contributed by atoms with Crippen LogP contribution in [0.5, 0.6) is 5.88 Å². The maximum Gasteiger partial charge on any atom is 0.259 e. The fourth-order valence-electron chi connectivity index (χ4n) is 3.94. The van der Waals surface area contributed by atoms with Crippen molar-refractivity contribution >= 4 is 5.91 Å². The Bertz CT molecular complexity index is 812. The second-order valence-electron chi connectivity index (χ2n) is 7.00. The van der Waals surface area contributed by atoms with Gasteiger partial charge >= 0.3 is 0 Å². The number of aromatic amines is 1. The second-order valence-corrected chi connectivity index (χ2v) is 7.00. The van der Waals surface area contributed by atoms with Crippen molar-refractivity contribution in [3.8, 4) is 5.88 Å². The van der Waals surface area contributed by atoms with Crippen molar-refractivity contribution in [2.24, 2.45) is 0 Å². The van der Waals surface area contributed by atoms with Gasteiger partial charge in [-0.2, -0.15) is 5.10 Å². The van der Waals surface area contributed by atoms with Crippen molar-refractivity contribution in [2.75, 3.05) is 14.2 Å². The van der Waals surface area contributed by atoms with E-state index >= 15 is 0 Å². The molecule has 1 amide bonds. The van der Waals surface area contributed by atoms with Crippen LogP contribution in [0.1, 0.15) is 57.8 Å². The van der Waals surface area contributed by atoms with Gasteiger partial charge in [-0.15, -0.1) is 0 Å². The van der Waals surface area contributed by atoms with Gasteiger partial charge < -0.3 is 9.64 Å². The van der Waals surface area contributed by atoms with E-state index < -0.39 is 0 Å². The summed E-state index contributed by atoms with van der Waals surface area (Å²) in [6.45, 7) is 0.505. The minimum Gasteiger partial charge on any atom is -0.480 e. The van der Waals surface area contributed by atoms with E-state index in [1.54, 1.807) is 12.0 Å². The Morgan fingerprint density at radius 2 is 2.08 bits per heavy atom. The van der Waals surface area contributed by atoms with Gasteiger partial charge in [-0.1, -0.05) is 0 Å². The average Bonchev–Trinajstić information content (AvgIpc) is 3.26. The van der Waals surface area contributed by atoms with Crippen LogP contribution in [-0.2, 0) is 32.2 Å². The van der Waals surface area contributed by atoms with Gasteiger partial charge in [-0.25, -0.2) is 4.98 Å². The van der Waals surface area contributed by atoms with Gasteiger partial charge in [0.25, 0.3) is 5.91 Å². The first-order chi connectivity index (χ1) is 12.2. The normalized spacial score (nSPS) is 15.6. The molecule has 6 heteroatoms. The molecule has 2 aliphatic rings. The highest BCUT2D eigenvalue weighted by atomic mass is 16.5. The molecule has 132 valence electrons. The molecule has 0 atom stereocenters. The number of hydrogen-bond donors (Lipinski definition) is 1. The Labute approximate surface area is 147 Å². The van der Waals surface area contributed by atoms with Crippen molar-refractivity contribution in [1.29, 1.82) is 0 Å². The molecule has 0 aliphatic heterocycles. The number of aryl methyl sites for hydroxylation is 3. The van der Waals surface area contributed by atoms with E-state index in [4.69, 9.17) is 4.74 Å². The van der Waals surface area contributed by atoms with E-state index in [9.17, 15) is 4.79 Å². The molecule has 0 saturated heterocycles. The number of aromatic nitrogens is 3. The van der Waals surface area contributed by atoms with Crippen LogP contribution in [0.15, 0.2) is 6.07 Å². The van der Waals surface area contributed by atoms with Gasteiger partial charge in [-0.05, 0) is 62.1 Å². The minimum absolute atomic E-state index is 0.0633. The third-order valence-electron chi connectivity index (χ3n) is 5.32. The lowest BCUT2D eigenvalue weighted by molar-refractivity contribution is 0.0778. The standard InChI is InChI=1S/C19H24N4O2/c1-23(11-17-13-7-3-4-8-16(13)21-22-17)19(24)14-10-12-6-5-9-15(12)20-18(14)25-2/h10H,3-9,11H2,1-2H3,(H,21,22). The Morgan fingerprint density at radius 3 is 2.92 bits per heavy atom. The first-order valence-electron chi connectivity index (χ1n) is 9.04. The van der Waals surface area contributed by atoms with Crippen LogP contribution < -0.4 is 4.74 Å². The van der Waals surface area contributed by atoms with Crippen LogP contribution in [-0.4, -0.2) is 40.1 Å². The van der Waals surface area contributed by atoms with Crippen molar-refractivity contribution in [1.82, 2.24) is 20.1 Å². The van der Waals surface area contributed by atoms with Crippen LogP contribution in [0.3, 0.4) is 0 Å². The van der Waals surface area contributed by atoms with Gasteiger partial charge in [0.05, 0.1) is 19.3 Å². The average molecular weight is 340 g/mol. The number of carbonyl (C=O) groups is 1. The molecular weight excluding hydrogens is 316 g/mol. The number of nitrogens with zero attached hydrogens (tertiary/aromatic N) is 3. The third-order valence-corrected chi connectivity index (χ3v) is 5.32. The molecule has 0 radical (unpaired) electrons. The molecule has 0 unspecified atom stereocenters. The number of pyridine rings is 1. The maximum atomic E-state index is 13.0. The lowest BCUT2D eigenvalue weighted by Gasteiger charge is -2.19. The second kappa shape index (κ2) is 6.50. The fourth-order valence-corrected chi connectivity index (χ4v) is 3.94. The smallest absolute Gasteiger partial charge is 0.259 e. The van der Waals surface area contributed by atoms with Gasteiger partial charge in [0.2, 0.25) is 5.88 Å². The summed E-state index contributed by atoms with van der Waals surface area (Å²) >= 11 is 0. The number of hydrogen-bond acceptors (Lipinski definition) is 4. The highest BCUT2D eigenvalue weighted by molar-refractivity contribution is 5.96. The van der Waals surface area contributed by atoms with Crippen LogP contribution >= 0.6 is 0 Å². The van der Waals surface area contributed by atoms with E-state index in [1.807, 2.05) is 13.1 Å². The molecule has 0 aromatic carbocycles. The predicted octanol–water partition coefficient (Wildman–Crippen LogP) is 2.45. The van der Waals surface area contributed by atoms with Crippen LogP contribution in [0.2, 0.25) is 0 Å². The number of amides is 1. The summed E-state index contributed by atoms with van der Waals surface area (Å²) in [6, 6.07) is 1.97. The van der Waals surface area contributed by atoms with Crippen molar-refractivity contribution in [2.45, 2.75) is 51.5 Å². The van der Waals surface area contributed by atoms with Crippen LogP contribution in [0, 0.1) is 0 Å². The zero-order chi connectivity index (χ0) is 17.4. The summed E-state index contributed by atoms with van der Waals surface area (Å²) in [5.74, 6) is 0.369. The molecule has 0 bridgehead atoms. The summed E-state index contributed by atoms with van der Waals surface area (Å²) < 4.78 is 5.39. The summed E-state index contributed by atoms with van der Waals surface area (Å²) in [4.78, 5) is 19.3. The number of fused-ring (bicyclic) bond motifs is 2. The lowest BCUT2D eigenvalue weighted by atomic mass is 9.96. The Balaban J connectivity index is 1.57. The van der Waals surface area contributed by atoms with E-state index in [0.29, 0.717) is 18.0 Å². The van der Waals surface area contributed by atoms with E-state index in [0.717, 1.165) is 43.5 Å². The molecule has 6 nitrogen and oxygen atoms in total. The Morgan fingerprint density at radius 1 is 1.24 bits per heavy atom. The fraction of sp³-hybridized carbons (Fsp3) is 0.526. The topological polar surface area (TPSA) is 71.1 Å². The molecule has 0 spiro atoms. The number of nitrogens with one attached hydrogen (secondary N) is 1. The van der Waals surface area contributed by atoms with Gasteiger partial charge in [-0.3, -0.25) is 9.89 Å². The minimum atomic E-state index is -0.0633. The molecule has 1 N–H and O–H groups in total. The van der Waals surface area contributed by atoms with Crippen molar-refractivity contribution < 1.29 is 9.53 Å². The zero-order valence-electron chi connectivity index (χ0n) is 14.9. The summed E-state index contributed by atoms with van der Waals surface area (Å²) in [5, 5.41) is 7.59. The summed E-state index contributed by atoms with van der Waals surface area (Å²) in [6.07, 6.45) is 7.56. The van der Waals surface area contributed by atoms with Gasteiger partial charge in [0.15, 0.2) is 0 Å². The lowest BCUT2D eigenvalue weighted by Crippen LogP contribution is -2.28. The summed E-state index contributed by atoms with van der Waals surface area (Å²) in [5.41, 5.74) is 6.31. The highest BCUT2D eigenvalue weighted by Gasteiger charge is 2.25. The first kappa shape index (κ1) is 16.1. The molecule has 0 fully saturated rings. The molecule has 25 heavy (non-hydrogen) atoms. The number of ether oxygens (including phenoxy) is 1. The number of carbonyl (C=O) groups excluding carboxylic acids is 1. The molecule has 2 aromatic rings. The van der Waals surface area contributed by atoms with Crippen LogP contribution in [0.25, 0.3) is 0 Å². The number of rotatable bonds is 4.